The Bertz CT molecular complexity index is 369. The zero-order chi connectivity index (χ0) is 12.3. The van der Waals surface area contributed by atoms with Crippen LogP contribution in [0.2, 0.25) is 0 Å². The van der Waals surface area contributed by atoms with Gasteiger partial charge in [0.15, 0.2) is 0 Å². The fourth-order valence-electron chi connectivity index (χ4n) is 1.02. The quantitative estimate of drug-likeness (QED) is 0.842. The summed E-state index contributed by atoms with van der Waals surface area (Å²) in [6.45, 7) is 7.83. The highest BCUT2D eigenvalue weighted by Crippen LogP contribution is 2.20. The Morgan fingerprint density at radius 1 is 1.56 bits per heavy atom. The van der Waals surface area contributed by atoms with E-state index in [0.717, 1.165) is 0 Å². The number of aryl methyl sites for hydroxylation is 1. The van der Waals surface area contributed by atoms with E-state index < -0.39 is 0 Å². The van der Waals surface area contributed by atoms with Crippen molar-refractivity contribution in [3.63, 3.8) is 0 Å². The number of amides is 1. The molecule has 16 heavy (non-hydrogen) atoms. The first-order chi connectivity index (χ1) is 7.29. The number of nitrogens with zero attached hydrogens (tertiary/aromatic N) is 2. The summed E-state index contributed by atoms with van der Waals surface area (Å²) in [5.74, 6) is 0.555. The summed E-state index contributed by atoms with van der Waals surface area (Å²) < 4.78 is 3.98. The van der Waals surface area contributed by atoms with E-state index in [2.05, 4.69) is 14.7 Å². The minimum Gasteiger partial charge on any atom is -0.327 e. The average molecular weight is 242 g/mol. The summed E-state index contributed by atoms with van der Waals surface area (Å²) in [6, 6.07) is -0.165. The van der Waals surface area contributed by atoms with E-state index in [1.807, 2.05) is 20.8 Å². The molecular weight excluding hydrogens is 224 g/mol. The van der Waals surface area contributed by atoms with Gasteiger partial charge in [-0.2, -0.15) is 4.37 Å². The molecule has 0 aliphatic rings. The first-order valence-electron chi connectivity index (χ1n) is 5.15. The maximum absolute atomic E-state index is 11.6. The molecule has 0 saturated heterocycles. The van der Waals surface area contributed by atoms with Crippen molar-refractivity contribution in [2.45, 2.75) is 40.2 Å². The van der Waals surface area contributed by atoms with Crippen LogP contribution in [0.1, 0.15) is 33.0 Å². The van der Waals surface area contributed by atoms with Crippen molar-refractivity contribution < 1.29 is 4.79 Å². The molecule has 0 aliphatic carbocycles. The molecular formula is C10H18N4OS. The Morgan fingerprint density at radius 2 is 2.19 bits per heavy atom. The molecule has 1 aromatic rings. The molecule has 0 aromatic carbocycles. The Morgan fingerprint density at radius 3 is 2.62 bits per heavy atom. The van der Waals surface area contributed by atoms with E-state index in [0.29, 0.717) is 17.4 Å². The predicted octanol–water partition coefficient (Wildman–Crippen LogP) is 1.55. The van der Waals surface area contributed by atoms with E-state index in [1.165, 1.54) is 11.5 Å². The summed E-state index contributed by atoms with van der Waals surface area (Å²) in [6.07, 6.45) is 0.294. The normalized spacial score (nSPS) is 13.6. The lowest BCUT2D eigenvalue weighted by molar-refractivity contribution is -0.117. The highest BCUT2D eigenvalue weighted by Gasteiger charge is 2.23. The van der Waals surface area contributed by atoms with E-state index in [4.69, 9.17) is 5.73 Å². The molecule has 0 bridgehead atoms. The van der Waals surface area contributed by atoms with Gasteiger partial charge in [0.25, 0.3) is 0 Å². The number of carbonyl (C=O) groups excluding carboxylic acids is 1. The van der Waals surface area contributed by atoms with E-state index >= 15 is 0 Å². The Hall–Kier alpha value is -1.01. The Labute approximate surface area is 99.6 Å². The number of carbonyl (C=O) groups is 1. The summed E-state index contributed by atoms with van der Waals surface area (Å²) in [5, 5.41) is 3.22. The van der Waals surface area contributed by atoms with Crippen LogP contribution >= 0.6 is 11.5 Å². The summed E-state index contributed by atoms with van der Waals surface area (Å²) in [4.78, 5) is 15.7. The number of nitrogens with two attached hydrogens (primary N) is 1. The average Bonchev–Trinajstić information content (AvgIpc) is 2.49. The third-order valence-electron chi connectivity index (χ3n) is 2.29. The van der Waals surface area contributed by atoms with Gasteiger partial charge in [-0.05, 0) is 12.3 Å². The highest BCUT2D eigenvalue weighted by atomic mass is 32.1. The van der Waals surface area contributed by atoms with Gasteiger partial charge in [-0.1, -0.05) is 20.8 Å². The molecule has 0 fully saturated rings. The monoisotopic (exact) mass is 242 g/mol. The summed E-state index contributed by atoms with van der Waals surface area (Å²) >= 11 is 1.18. The van der Waals surface area contributed by atoms with Crippen LogP contribution in [0.4, 0.5) is 5.13 Å². The fourth-order valence-corrected chi connectivity index (χ4v) is 1.62. The molecule has 0 saturated carbocycles. The van der Waals surface area contributed by atoms with Crippen LogP contribution in [0.25, 0.3) is 0 Å². The number of nitrogens with one attached hydrogen (secondary N) is 1. The molecule has 1 atom stereocenters. The molecule has 3 N–H and O–H groups in total. The number of rotatable bonds is 3. The first kappa shape index (κ1) is 13.1. The fraction of sp³-hybridized carbons (Fsp3) is 0.700. The van der Waals surface area contributed by atoms with Gasteiger partial charge in [0, 0.05) is 24.0 Å². The van der Waals surface area contributed by atoms with Crippen LogP contribution in [-0.4, -0.2) is 21.3 Å². The largest absolute Gasteiger partial charge is 0.327 e. The van der Waals surface area contributed by atoms with Gasteiger partial charge in [-0.15, -0.1) is 0 Å². The van der Waals surface area contributed by atoms with Gasteiger partial charge in [0.05, 0.1) is 0 Å². The third kappa shape index (κ3) is 3.86. The van der Waals surface area contributed by atoms with Crippen molar-refractivity contribution in [1.29, 1.82) is 0 Å². The molecule has 1 rings (SSSR count). The maximum atomic E-state index is 11.6. The molecule has 1 amide bonds. The van der Waals surface area contributed by atoms with Crippen LogP contribution in [0.3, 0.4) is 0 Å². The van der Waals surface area contributed by atoms with Gasteiger partial charge in [0.2, 0.25) is 11.0 Å². The van der Waals surface area contributed by atoms with Crippen molar-refractivity contribution in [3.8, 4) is 0 Å². The lowest BCUT2D eigenvalue weighted by Crippen LogP contribution is -2.38. The topological polar surface area (TPSA) is 80.9 Å². The van der Waals surface area contributed by atoms with Gasteiger partial charge >= 0.3 is 0 Å². The van der Waals surface area contributed by atoms with Crippen LogP contribution in [0, 0.1) is 12.3 Å². The third-order valence-corrected chi connectivity index (χ3v) is 3.01. The summed E-state index contributed by atoms with van der Waals surface area (Å²) in [7, 11) is 0. The second kappa shape index (κ2) is 4.88. The molecule has 0 radical (unpaired) electrons. The second-order valence-corrected chi connectivity index (χ2v) is 5.62. The lowest BCUT2D eigenvalue weighted by Gasteiger charge is -2.26. The van der Waals surface area contributed by atoms with Crippen molar-refractivity contribution in [1.82, 2.24) is 9.36 Å². The van der Waals surface area contributed by atoms with E-state index in [-0.39, 0.29) is 17.4 Å². The molecule has 6 heteroatoms. The SMILES string of the molecule is Cc1nsc(NC(=O)CC(N)C(C)(C)C)n1. The maximum Gasteiger partial charge on any atom is 0.227 e. The molecule has 0 spiro atoms. The Kier molecular flexibility index (Phi) is 3.98. The van der Waals surface area contributed by atoms with Gasteiger partial charge in [-0.25, -0.2) is 4.98 Å². The highest BCUT2D eigenvalue weighted by molar-refractivity contribution is 7.09. The van der Waals surface area contributed by atoms with Crippen molar-refractivity contribution in [2.75, 3.05) is 5.32 Å². The molecule has 1 heterocycles. The molecule has 1 unspecified atom stereocenters. The molecule has 0 aliphatic heterocycles. The van der Waals surface area contributed by atoms with Crippen molar-refractivity contribution in [2.24, 2.45) is 11.1 Å². The standard InChI is InChI=1S/C10H18N4OS/c1-6-12-9(16-14-6)13-8(15)5-7(11)10(2,3)4/h7H,5,11H2,1-4H3,(H,12,13,14,15). The van der Waals surface area contributed by atoms with Crippen molar-refractivity contribution in [3.05, 3.63) is 5.82 Å². The lowest BCUT2D eigenvalue weighted by atomic mass is 9.85. The van der Waals surface area contributed by atoms with Crippen molar-refractivity contribution >= 4 is 22.6 Å². The second-order valence-electron chi connectivity index (χ2n) is 4.87. The van der Waals surface area contributed by atoms with Gasteiger partial charge < -0.3 is 11.1 Å². The molecule has 1 aromatic heterocycles. The molecule has 90 valence electrons. The minimum atomic E-state index is -0.165. The first-order valence-corrected chi connectivity index (χ1v) is 5.92. The van der Waals surface area contributed by atoms with Gasteiger partial charge in [-0.3, -0.25) is 4.79 Å². The zero-order valence-electron chi connectivity index (χ0n) is 10.1. The number of anilines is 1. The van der Waals surface area contributed by atoms with Crippen LogP contribution in [0.5, 0.6) is 0 Å². The van der Waals surface area contributed by atoms with E-state index in [1.54, 1.807) is 6.92 Å². The smallest absolute Gasteiger partial charge is 0.227 e. The number of aromatic nitrogens is 2. The number of hydrogen-bond acceptors (Lipinski definition) is 5. The summed E-state index contributed by atoms with van der Waals surface area (Å²) in [5.41, 5.74) is 5.84. The Balaban J connectivity index is 2.48. The van der Waals surface area contributed by atoms with Crippen LogP contribution in [-0.2, 0) is 4.79 Å². The predicted molar refractivity (Wildman–Crippen MR) is 65.3 cm³/mol. The zero-order valence-corrected chi connectivity index (χ0v) is 10.9. The molecule has 5 nitrogen and oxygen atoms in total. The van der Waals surface area contributed by atoms with Gasteiger partial charge in [0.1, 0.15) is 5.82 Å². The minimum absolute atomic E-state index is 0.0750. The number of hydrogen-bond donors (Lipinski definition) is 2. The van der Waals surface area contributed by atoms with Crippen LogP contribution < -0.4 is 11.1 Å². The van der Waals surface area contributed by atoms with Crippen LogP contribution in [0.15, 0.2) is 0 Å². The van der Waals surface area contributed by atoms with E-state index in [9.17, 15) is 4.79 Å².